The summed E-state index contributed by atoms with van der Waals surface area (Å²) in [5.74, 6) is -7.16. The van der Waals surface area contributed by atoms with E-state index in [2.05, 4.69) is 24.1 Å². The number of anilines is 2. The van der Waals surface area contributed by atoms with Gasteiger partial charge in [0.2, 0.25) is 11.7 Å². The lowest BCUT2D eigenvalue weighted by Gasteiger charge is -2.50. The number of carbonyl (C=O) groups is 4. The predicted molar refractivity (Wildman–Crippen MR) is 167 cm³/mol. The van der Waals surface area contributed by atoms with Crippen LogP contribution < -0.4 is 16.0 Å². The molecule has 0 aromatic heterocycles. The number of Topliss-reactive ketones (excluding diaryl/α,β-unsaturated/α-hetero) is 2. The van der Waals surface area contributed by atoms with Crippen molar-refractivity contribution in [3.05, 3.63) is 34.1 Å². The van der Waals surface area contributed by atoms with Crippen molar-refractivity contribution in [3.8, 4) is 5.75 Å². The molecular weight excluding hydrogens is 582 g/mol. The number of likely N-dealkylation sites (N-methyl/N-ethyl adjacent to an activating group) is 1. The van der Waals surface area contributed by atoms with Gasteiger partial charge in [-0.3, -0.25) is 29.0 Å². The molecule has 1 heterocycles. The normalized spacial score (nSPS) is 28.4. The Bertz CT molecular complexity index is 1550. The van der Waals surface area contributed by atoms with Crippen LogP contribution in [-0.4, -0.2) is 113 Å². The number of nitrogens with two attached hydrogens (primary N) is 1. The van der Waals surface area contributed by atoms with Gasteiger partial charge in [0.15, 0.2) is 11.4 Å². The quantitative estimate of drug-likeness (QED) is 0.187. The molecule has 2 fully saturated rings. The number of amides is 2. The van der Waals surface area contributed by atoms with Gasteiger partial charge in [-0.25, -0.2) is 0 Å². The number of nitrogens with one attached hydrogen (secondary N) is 1. The number of carbonyl (C=O) groups excluding carboxylic acids is 4. The Morgan fingerprint density at radius 3 is 2.40 bits per heavy atom. The topological polar surface area (TPSA) is 197 Å². The first-order chi connectivity index (χ1) is 21.0. The maximum atomic E-state index is 14.2. The second-order valence-corrected chi connectivity index (χ2v) is 13.5. The lowest BCUT2D eigenvalue weighted by atomic mass is 9.57. The highest BCUT2D eigenvalue weighted by atomic mass is 16.3. The molecule has 3 aliphatic carbocycles. The zero-order valence-electron chi connectivity index (χ0n) is 26.5. The van der Waals surface area contributed by atoms with E-state index in [-0.39, 0.29) is 41.6 Å². The molecule has 1 saturated heterocycles. The van der Waals surface area contributed by atoms with E-state index in [9.17, 15) is 39.6 Å². The molecule has 1 aliphatic heterocycles. The van der Waals surface area contributed by atoms with Crippen molar-refractivity contribution < 1.29 is 39.6 Å². The van der Waals surface area contributed by atoms with Crippen molar-refractivity contribution in [2.75, 3.05) is 51.5 Å². The third-order valence-corrected chi connectivity index (χ3v) is 9.70. The van der Waals surface area contributed by atoms with Gasteiger partial charge in [-0.15, -0.1) is 0 Å². The molecule has 45 heavy (non-hydrogen) atoms. The maximum Gasteiger partial charge on any atom is 0.255 e. The summed E-state index contributed by atoms with van der Waals surface area (Å²) in [7, 11) is 6.66. The molecule has 5 atom stereocenters. The van der Waals surface area contributed by atoms with E-state index in [0.29, 0.717) is 23.6 Å². The maximum absolute atomic E-state index is 14.2. The van der Waals surface area contributed by atoms with Crippen molar-refractivity contribution in [2.24, 2.45) is 23.5 Å². The van der Waals surface area contributed by atoms with Crippen molar-refractivity contribution in [3.63, 3.8) is 0 Å². The van der Waals surface area contributed by atoms with E-state index < -0.39 is 63.8 Å². The molecule has 0 unspecified atom stereocenters. The lowest BCUT2D eigenvalue weighted by Crippen LogP contribution is -2.65. The summed E-state index contributed by atoms with van der Waals surface area (Å²) in [6.07, 6.45) is 1.67. The van der Waals surface area contributed by atoms with Crippen LogP contribution in [0.2, 0.25) is 0 Å². The number of nitrogens with zero attached hydrogens (tertiary/aromatic N) is 3. The Labute approximate surface area is 262 Å². The Kier molecular flexibility index (Phi) is 8.26. The number of primary amides is 1. The highest BCUT2D eigenvalue weighted by molar-refractivity contribution is 6.24. The van der Waals surface area contributed by atoms with Crippen LogP contribution in [0.3, 0.4) is 0 Å². The first-order valence-electron chi connectivity index (χ1n) is 15.3. The monoisotopic (exact) mass is 625 g/mol. The smallest absolute Gasteiger partial charge is 0.255 e. The largest absolute Gasteiger partial charge is 0.508 e. The van der Waals surface area contributed by atoms with E-state index in [1.54, 1.807) is 39.2 Å². The molecule has 1 aromatic rings. The van der Waals surface area contributed by atoms with E-state index in [1.807, 2.05) is 0 Å². The fourth-order valence-electron chi connectivity index (χ4n) is 7.81. The number of aliphatic hydroxyl groups excluding tert-OH is 2. The van der Waals surface area contributed by atoms with E-state index in [0.717, 1.165) is 19.5 Å². The Hall–Kier alpha value is -3.94. The van der Waals surface area contributed by atoms with Crippen molar-refractivity contribution in [1.82, 2.24) is 9.80 Å². The first-order valence-corrected chi connectivity index (χ1v) is 15.3. The minimum Gasteiger partial charge on any atom is -0.508 e. The number of hydrogen-bond donors (Lipinski definition) is 6. The van der Waals surface area contributed by atoms with Crippen LogP contribution in [0.1, 0.15) is 44.2 Å². The Morgan fingerprint density at radius 1 is 1.16 bits per heavy atom. The zero-order chi connectivity index (χ0) is 33.3. The van der Waals surface area contributed by atoms with Gasteiger partial charge in [-0.2, -0.15) is 0 Å². The van der Waals surface area contributed by atoms with Crippen LogP contribution in [-0.2, 0) is 25.6 Å². The summed E-state index contributed by atoms with van der Waals surface area (Å²) in [4.78, 5) is 58.5. The van der Waals surface area contributed by atoms with E-state index in [1.165, 1.54) is 4.90 Å². The predicted octanol–water partition coefficient (Wildman–Crippen LogP) is 1.09. The highest BCUT2D eigenvalue weighted by Crippen LogP contribution is 2.54. The summed E-state index contributed by atoms with van der Waals surface area (Å²) >= 11 is 0. The Balaban J connectivity index is 1.63. The summed E-state index contributed by atoms with van der Waals surface area (Å²) in [5, 5.41) is 49.0. The number of aliphatic hydroxyl groups is 3. The third-order valence-electron chi connectivity index (χ3n) is 9.70. The van der Waals surface area contributed by atoms with Crippen LogP contribution >= 0.6 is 0 Å². The van der Waals surface area contributed by atoms with Gasteiger partial charge in [-0.1, -0.05) is 13.8 Å². The van der Waals surface area contributed by atoms with Crippen LogP contribution in [0, 0.1) is 17.8 Å². The van der Waals surface area contributed by atoms with Gasteiger partial charge in [0.05, 0.1) is 23.3 Å². The van der Waals surface area contributed by atoms with Crippen molar-refractivity contribution >= 4 is 40.5 Å². The number of fused-ring (bicyclic) bond motifs is 3. The number of benzene rings is 1. The minimum atomic E-state index is -2.72. The average molecular weight is 626 g/mol. The third kappa shape index (κ3) is 4.97. The standard InChI is InChI=1S/C32H43N5O8/c1-14(2)13-37-9-7-8-19(37)31(44)34-18-12-20(35(3)4)16-10-15-11-17-24(36(5)6)27(40)23(30(33)43)29(42)32(17,45)28(41)21(15)26(39)22(16)25(18)38/h12,14-15,17,19,24,38-39,42,45H,7-11,13H2,1-6H3,(H2,33,43)(H,34,44)/t15-,17-,19+,24-,32-/m1/s1. The molecule has 244 valence electrons. The molecular formula is C32H43N5O8. The number of phenols is 1. The fourth-order valence-corrected chi connectivity index (χ4v) is 7.81. The molecule has 13 nitrogen and oxygen atoms in total. The van der Waals surface area contributed by atoms with Crippen LogP contribution in [0.5, 0.6) is 5.75 Å². The van der Waals surface area contributed by atoms with Gasteiger partial charge in [0, 0.05) is 37.8 Å². The fraction of sp³-hybridized carbons (Fsp3) is 0.562. The summed E-state index contributed by atoms with van der Waals surface area (Å²) in [5.41, 5.74) is 2.66. The average Bonchev–Trinajstić information content (AvgIpc) is 3.39. The highest BCUT2D eigenvalue weighted by Gasteiger charge is 2.64. The molecule has 13 heteroatoms. The lowest BCUT2D eigenvalue weighted by molar-refractivity contribution is -0.153. The van der Waals surface area contributed by atoms with Gasteiger partial charge in [-0.05, 0) is 69.8 Å². The number of rotatable bonds is 7. The molecule has 4 aliphatic rings. The molecule has 1 saturated carbocycles. The summed E-state index contributed by atoms with van der Waals surface area (Å²) in [6, 6.07) is 0.0848. The number of likely N-dealkylation sites (tertiary alicyclic amines) is 1. The molecule has 5 rings (SSSR count). The Morgan fingerprint density at radius 2 is 1.82 bits per heavy atom. The minimum absolute atomic E-state index is 0.00868. The summed E-state index contributed by atoms with van der Waals surface area (Å²) in [6.45, 7) is 5.69. The molecule has 0 radical (unpaired) electrons. The van der Waals surface area contributed by atoms with Gasteiger partial charge in [0.25, 0.3) is 5.91 Å². The zero-order valence-corrected chi connectivity index (χ0v) is 26.5. The van der Waals surface area contributed by atoms with Crippen LogP contribution in [0.25, 0.3) is 5.76 Å². The SMILES string of the molecule is CC(C)CN1CCC[C@H]1C(=O)Nc1cc(N(C)C)c2c(c1O)C(O)=C1C(=O)[C@@]3(O)C(O)=C(C(N)=O)C(=O)[C@H](N(C)C)[C@H]3C[C@H]1C2. The van der Waals surface area contributed by atoms with Gasteiger partial charge in [0.1, 0.15) is 22.8 Å². The second kappa shape index (κ2) is 11.5. The molecule has 7 N–H and O–H groups in total. The van der Waals surface area contributed by atoms with E-state index >= 15 is 0 Å². The second-order valence-electron chi connectivity index (χ2n) is 13.5. The number of aromatic hydroxyl groups is 1. The van der Waals surface area contributed by atoms with Crippen LogP contribution in [0.15, 0.2) is 23.0 Å². The van der Waals surface area contributed by atoms with E-state index in [4.69, 9.17) is 5.73 Å². The summed E-state index contributed by atoms with van der Waals surface area (Å²) < 4.78 is 0. The number of phenolic OH excluding ortho intramolecular Hbond substituents is 1. The number of hydrogen-bond acceptors (Lipinski definition) is 11. The number of ketones is 2. The molecule has 0 spiro atoms. The van der Waals surface area contributed by atoms with Crippen molar-refractivity contribution in [1.29, 1.82) is 0 Å². The molecule has 1 aromatic carbocycles. The van der Waals surface area contributed by atoms with Crippen LogP contribution in [0.4, 0.5) is 11.4 Å². The van der Waals surface area contributed by atoms with Gasteiger partial charge >= 0.3 is 0 Å². The van der Waals surface area contributed by atoms with Gasteiger partial charge < -0.3 is 36.4 Å². The molecule has 0 bridgehead atoms. The molecule has 2 amide bonds. The first kappa shape index (κ1) is 32.5. The van der Waals surface area contributed by atoms with Crippen molar-refractivity contribution in [2.45, 2.75) is 57.2 Å².